The number of rotatable bonds is 5. The summed E-state index contributed by atoms with van der Waals surface area (Å²) in [6.45, 7) is 0. The van der Waals surface area contributed by atoms with Crippen LogP contribution in [0.25, 0.3) is 0 Å². The number of primary amides is 1. The predicted molar refractivity (Wildman–Crippen MR) is 85.1 cm³/mol. The summed E-state index contributed by atoms with van der Waals surface area (Å²) < 4.78 is 0. The topological polar surface area (TPSA) is 106 Å². The van der Waals surface area contributed by atoms with E-state index in [1.54, 1.807) is 0 Å². The Bertz CT molecular complexity index is 585. The molecule has 0 heterocycles. The van der Waals surface area contributed by atoms with Crippen molar-refractivity contribution in [3.05, 3.63) is 71.8 Å². The molecular weight excluding hydrogens is 280 g/mol. The minimum atomic E-state index is -0.959. The van der Waals surface area contributed by atoms with Gasteiger partial charge in [0, 0.05) is 0 Å². The summed E-state index contributed by atoms with van der Waals surface area (Å²) in [5.74, 6) is -1.25. The molecular formula is C17H20N2O3. The Morgan fingerprint density at radius 2 is 1.36 bits per heavy atom. The third-order valence-electron chi connectivity index (χ3n) is 2.84. The zero-order chi connectivity index (χ0) is 16.4. The first-order valence-corrected chi connectivity index (χ1v) is 6.83. The van der Waals surface area contributed by atoms with Gasteiger partial charge in [-0.2, -0.15) is 0 Å². The summed E-state index contributed by atoms with van der Waals surface area (Å²) in [4.78, 5) is 20.8. The van der Waals surface area contributed by atoms with Crippen LogP contribution in [-0.2, 0) is 22.4 Å². The first kappa shape index (κ1) is 17.4. The van der Waals surface area contributed by atoms with Crippen molar-refractivity contribution >= 4 is 11.9 Å². The minimum Gasteiger partial charge on any atom is -0.480 e. The monoisotopic (exact) mass is 300 g/mol. The summed E-state index contributed by atoms with van der Waals surface area (Å²) in [5.41, 5.74) is 12.3. The van der Waals surface area contributed by atoms with Gasteiger partial charge in [-0.15, -0.1) is 0 Å². The Morgan fingerprint density at radius 3 is 1.77 bits per heavy atom. The van der Waals surface area contributed by atoms with E-state index in [1.807, 2.05) is 60.7 Å². The summed E-state index contributed by atoms with van der Waals surface area (Å²) in [6, 6.07) is 18.0. The Kier molecular flexibility index (Phi) is 7.36. The molecule has 0 spiro atoms. The molecule has 0 aromatic heterocycles. The van der Waals surface area contributed by atoms with Crippen LogP contribution in [0.1, 0.15) is 11.1 Å². The van der Waals surface area contributed by atoms with E-state index in [1.165, 1.54) is 0 Å². The molecule has 0 fully saturated rings. The number of nitrogens with two attached hydrogens (primary N) is 2. The lowest BCUT2D eigenvalue weighted by molar-refractivity contribution is -0.138. The van der Waals surface area contributed by atoms with Gasteiger partial charge in [0.1, 0.15) is 6.04 Å². The molecule has 5 nitrogen and oxygen atoms in total. The molecule has 2 aromatic carbocycles. The third kappa shape index (κ3) is 7.21. The minimum absolute atomic E-state index is 0.286. The molecule has 0 aliphatic carbocycles. The zero-order valence-electron chi connectivity index (χ0n) is 12.2. The molecule has 0 radical (unpaired) electrons. The van der Waals surface area contributed by atoms with Crippen LogP contribution in [0, 0.1) is 0 Å². The molecule has 5 heteroatoms. The van der Waals surface area contributed by atoms with Crippen LogP contribution < -0.4 is 11.5 Å². The lowest BCUT2D eigenvalue weighted by Crippen LogP contribution is -2.32. The van der Waals surface area contributed by atoms with E-state index in [2.05, 4.69) is 0 Å². The van der Waals surface area contributed by atoms with E-state index >= 15 is 0 Å². The maximum Gasteiger partial charge on any atom is 0.320 e. The van der Waals surface area contributed by atoms with Crippen LogP contribution in [0.2, 0.25) is 0 Å². The molecule has 0 aliphatic rings. The van der Waals surface area contributed by atoms with E-state index < -0.39 is 12.0 Å². The second kappa shape index (κ2) is 9.31. The number of carboxylic acids is 1. The maximum absolute atomic E-state index is 10.4. The summed E-state index contributed by atoms with van der Waals surface area (Å²) in [7, 11) is 0. The lowest BCUT2D eigenvalue weighted by Gasteiger charge is -2.04. The van der Waals surface area contributed by atoms with Gasteiger partial charge >= 0.3 is 5.97 Å². The van der Waals surface area contributed by atoms with Gasteiger partial charge in [-0.1, -0.05) is 60.7 Å². The fourth-order valence-corrected chi connectivity index (χ4v) is 1.75. The fourth-order valence-electron chi connectivity index (χ4n) is 1.75. The van der Waals surface area contributed by atoms with Crippen molar-refractivity contribution in [2.24, 2.45) is 11.5 Å². The van der Waals surface area contributed by atoms with Crippen molar-refractivity contribution in [3.8, 4) is 0 Å². The van der Waals surface area contributed by atoms with Gasteiger partial charge in [0.2, 0.25) is 5.91 Å². The molecule has 0 saturated heterocycles. The van der Waals surface area contributed by atoms with E-state index in [0.29, 0.717) is 12.8 Å². The third-order valence-corrected chi connectivity index (χ3v) is 2.84. The summed E-state index contributed by atoms with van der Waals surface area (Å²) in [6.07, 6.45) is 0.719. The number of benzene rings is 2. The van der Waals surface area contributed by atoms with E-state index in [4.69, 9.17) is 16.6 Å². The van der Waals surface area contributed by atoms with Crippen molar-refractivity contribution < 1.29 is 14.7 Å². The first-order valence-electron chi connectivity index (χ1n) is 6.83. The molecule has 0 unspecified atom stereocenters. The largest absolute Gasteiger partial charge is 0.480 e. The molecule has 0 bridgehead atoms. The van der Waals surface area contributed by atoms with E-state index in [-0.39, 0.29) is 5.91 Å². The van der Waals surface area contributed by atoms with Gasteiger partial charge in [0.25, 0.3) is 0 Å². The van der Waals surface area contributed by atoms with Crippen molar-refractivity contribution in [2.75, 3.05) is 0 Å². The standard InChI is InChI=1S/C9H11NO2.C8H9NO/c10-8(9(11)12)6-7-4-2-1-3-5-7;9-8(10)6-7-4-2-1-3-5-7/h1-5,8H,6,10H2,(H,11,12);1-5H,6H2,(H2,9,10)/t8-;/m0./s1. The highest BCUT2D eigenvalue weighted by atomic mass is 16.4. The fraction of sp³-hybridized carbons (Fsp3) is 0.176. The lowest BCUT2D eigenvalue weighted by atomic mass is 10.1. The van der Waals surface area contributed by atoms with Crippen LogP contribution in [0.3, 0.4) is 0 Å². The van der Waals surface area contributed by atoms with Gasteiger partial charge in [-0.3, -0.25) is 9.59 Å². The number of carbonyl (C=O) groups excluding carboxylic acids is 1. The van der Waals surface area contributed by atoms with Crippen LogP contribution in [0.5, 0.6) is 0 Å². The van der Waals surface area contributed by atoms with Gasteiger partial charge in [0.15, 0.2) is 0 Å². The number of carboxylic acid groups (broad SMARTS) is 1. The van der Waals surface area contributed by atoms with Gasteiger partial charge in [0.05, 0.1) is 6.42 Å². The normalized spacial score (nSPS) is 11.0. The number of hydrogen-bond acceptors (Lipinski definition) is 3. The molecule has 116 valence electrons. The van der Waals surface area contributed by atoms with Gasteiger partial charge in [-0.05, 0) is 17.5 Å². The molecule has 22 heavy (non-hydrogen) atoms. The molecule has 0 saturated carbocycles. The molecule has 2 aromatic rings. The maximum atomic E-state index is 10.4. The highest BCUT2D eigenvalue weighted by molar-refractivity contribution is 5.76. The second-order valence-corrected chi connectivity index (χ2v) is 4.76. The van der Waals surface area contributed by atoms with Crippen molar-refractivity contribution in [1.29, 1.82) is 0 Å². The molecule has 1 amide bonds. The molecule has 0 aliphatic heterocycles. The predicted octanol–water partition coefficient (Wildman–Crippen LogP) is 1.36. The Hall–Kier alpha value is -2.66. The van der Waals surface area contributed by atoms with Crippen LogP contribution in [0.4, 0.5) is 0 Å². The Balaban J connectivity index is 0.000000224. The first-order chi connectivity index (χ1) is 10.5. The second-order valence-electron chi connectivity index (χ2n) is 4.76. The molecule has 5 N–H and O–H groups in total. The Morgan fingerprint density at radius 1 is 0.909 bits per heavy atom. The van der Waals surface area contributed by atoms with Crippen molar-refractivity contribution in [3.63, 3.8) is 0 Å². The van der Waals surface area contributed by atoms with Crippen molar-refractivity contribution in [1.82, 2.24) is 0 Å². The average Bonchev–Trinajstić information content (AvgIpc) is 2.49. The number of aliphatic carboxylic acids is 1. The SMILES string of the molecule is NC(=O)Cc1ccccc1.N[C@@H](Cc1ccccc1)C(=O)O. The Labute approximate surface area is 129 Å². The van der Waals surface area contributed by atoms with Crippen LogP contribution >= 0.6 is 0 Å². The highest BCUT2D eigenvalue weighted by Gasteiger charge is 2.10. The van der Waals surface area contributed by atoms with Gasteiger partial charge in [-0.25, -0.2) is 0 Å². The van der Waals surface area contributed by atoms with E-state index in [0.717, 1.165) is 11.1 Å². The number of carbonyl (C=O) groups is 2. The zero-order valence-corrected chi connectivity index (χ0v) is 12.2. The number of hydrogen-bond donors (Lipinski definition) is 3. The number of amides is 1. The van der Waals surface area contributed by atoms with Crippen molar-refractivity contribution in [2.45, 2.75) is 18.9 Å². The molecule has 2 rings (SSSR count). The highest BCUT2D eigenvalue weighted by Crippen LogP contribution is 2.01. The molecule has 1 atom stereocenters. The average molecular weight is 300 g/mol. The summed E-state index contributed by atoms with van der Waals surface area (Å²) >= 11 is 0. The van der Waals surface area contributed by atoms with E-state index in [9.17, 15) is 9.59 Å². The van der Waals surface area contributed by atoms with Crippen LogP contribution in [-0.4, -0.2) is 23.0 Å². The smallest absolute Gasteiger partial charge is 0.320 e. The quantitative estimate of drug-likeness (QED) is 0.775. The van der Waals surface area contributed by atoms with Crippen LogP contribution in [0.15, 0.2) is 60.7 Å². The van der Waals surface area contributed by atoms with Gasteiger partial charge < -0.3 is 16.6 Å². The summed E-state index contributed by atoms with van der Waals surface area (Å²) in [5, 5.41) is 8.52.